The first-order valence-corrected chi connectivity index (χ1v) is 4.63. The summed E-state index contributed by atoms with van der Waals surface area (Å²) in [7, 11) is 0. The topological polar surface area (TPSA) is 113 Å². The Labute approximate surface area is 95.6 Å². The third-order valence-corrected chi connectivity index (χ3v) is 2.04. The highest BCUT2D eigenvalue weighted by atomic mass is 16.6. The van der Waals surface area contributed by atoms with E-state index in [0.29, 0.717) is 5.01 Å². The molecule has 0 aromatic heterocycles. The number of nitro groups is 1. The lowest BCUT2D eigenvalue weighted by atomic mass is 10.1. The summed E-state index contributed by atoms with van der Waals surface area (Å²) in [5.74, 6) is -1.23. The van der Waals surface area contributed by atoms with Gasteiger partial charge in [0.2, 0.25) is 0 Å². The average Bonchev–Trinajstić information content (AvgIpc) is 2.29. The van der Waals surface area contributed by atoms with Gasteiger partial charge in [-0.1, -0.05) is 0 Å². The number of benzene rings is 1. The van der Waals surface area contributed by atoms with E-state index >= 15 is 0 Å². The number of carbonyl (C=O) groups is 1. The fourth-order valence-electron chi connectivity index (χ4n) is 1.23. The maximum Gasteiger partial charge on any atom is 0.283 e. The molecule has 8 heteroatoms. The van der Waals surface area contributed by atoms with Crippen LogP contribution < -0.4 is 0 Å². The molecule has 0 aliphatic heterocycles. The van der Waals surface area contributed by atoms with E-state index in [0.717, 1.165) is 18.2 Å². The van der Waals surface area contributed by atoms with Crippen molar-refractivity contribution in [3.63, 3.8) is 0 Å². The summed E-state index contributed by atoms with van der Waals surface area (Å²) >= 11 is 0. The normalized spacial score (nSPS) is 9.71. The van der Waals surface area contributed by atoms with Gasteiger partial charge < -0.3 is 5.11 Å². The van der Waals surface area contributed by atoms with Crippen molar-refractivity contribution < 1.29 is 14.8 Å². The van der Waals surface area contributed by atoms with Crippen LogP contribution in [0.25, 0.3) is 0 Å². The molecule has 0 saturated carbocycles. The Kier molecular flexibility index (Phi) is 3.70. The van der Waals surface area contributed by atoms with Gasteiger partial charge in [-0.2, -0.15) is 5.01 Å². The molecule has 1 rings (SSSR count). The summed E-state index contributed by atoms with van der Waals surface area (Å²) < 4.78 is 0. The summed E-state index contributed by atoms with van der Waals surface area (Å²) in [5.41, 5.74) is -0.869. The van der Waals surface area contributed by atoms with Crippen molar-refractivity contribution >= 4 is 11.6 Å². The van der Waals surface area contributed by atoms with Gasteiger partial charge in [-0.25, -0.2) is 0 Å². The summed E-state index contributed by atoms with van der Waals surface area (Å²) in [6.45, 7) is 1.48. The van der Waals surface area contributed by atoms with Gasteiger partial charge in [0.1, 0.15) is 11.3 Å². The van der Waals surface area contributed by atoms with Gasteiger partial charge in [0, 0.05) is 12.6 Å². The van der Waals surface area contributed by atoms with Crippen molar-refractivity contribution in [3.05, 3.63) is 38.8 Å². The highest BCUT2D eigenvalue weighted by Crippen LogP contribution is 2.24. The molecule has 0 atom stereocenters. The van der Waals surface area contributed by atoms with Crippen LogP contribution in [0.1, 0.15) is 17.3 Å². The second kappa shape index (κ2) is 5.01. The highest BCUT2D eigenvalue weighted by Gasteiger charge is 2.25. The first-order chi connectivity index (χ1) is 8.01. The number of phenolic OH excluding ortho intramolecular Hbond substituents is 1. The van der Waals surface area contributed by atoms with Crippen LogP contribution in [0, 0.1) is 15.0 Å². The van der Waals surface area contributed by atoms with Crippen molar-refractivity contribution in [2.45, 2.75) is 6.92 Å². The van der Waals surface area contributed by atoms with Crippen LogP contribution in [0.4, 0.5) is 5.69 Å². The molecule has 17 heavy (non-hydrogen) atoms. The van der Waals surface area contributed by atoms with Crippen LogP contribution in [0.3, 0.4) is 0 Å². The number of nitroso groups, excluding NO2 is 1. The van der Waals surface area contributed by atoms with E-state index in [1.807, 2.05) is 0 Å². The molecule has 0 heterocycles. The number of amides is 1. The zero-order valence-corrected chi connectivity index (χ0v) is 8.86. The quantitative estimate of drug-likeness (QED) is 0.485. The van der Waals surface area contributed by atoms with Crippen molar-refractivity contribution in [1.82, 2.24) is 5.01 Å². The molecular formula is C9H9N3O5. The largest absolute Gasteiger partial charge is 0.508 e. The standard InChI is InChI=1S/C9H9N3O5/c1-2-11(10-15)9(14)7-5-6(13)3-4-8(7)12(16)17/h3-5,13H,2H2,1H3. The summed E-state index contributed by atoms with van der Waals surface area (Å²) in [6.07, 6.45) is 0. The molecule has 0 bridgehead atoms. The molecule has 8 nitrogen and oxygen atoms in total. The Hall–Kier alpha value is -2.51. The predicted octanol–water partition coefficient (Wildman–Crippen LogP) is 1.44. The van der Waals surface area contributed by atoms with Crippen LogP contribution >= 0.6 is 0 Å². The lowest BCUT2D eigenvalue weighted by Crippen LogP contribution is -2.25. The van der Waals surface area contributed by atoms with E-state index in [4.69, 9.17) is 0 Å². The molecule has 90 valence electrons. The first-order valence-electron chi connectivity index (χ1n) is 4.63. The van der Waals surface area contributed by atoms with Crippen molar-refractivity contribution in [2.75, 3.05) is 6.54 Å². The Morgan fingerprint density at radius 3 is 2.71 bits per heavy atom. The summed E-state index contributed by atoms with van der Waals surface area (Å²) in [4.78, 5) is 31.9. The second-order valence-corrected chi connectivity index (χ2v) is 3.06. The van der Waals surface area contributed by atoms with Gasteiger partial charge in [-0.05, 0) is 19.1 Å². The lowest BCUT2D eigenvalue weighted by molar-refractivity contribution is -0.385. The minimum atomic E-state index is -0.926. The number of hydrogen-bond donors (Lipinski definition) is 1. The highest BCUT2D eigenvalue weighted by molar-refractivity contribution is 5.98. The third kappa shape index (κ3) is 2.54. The first kappa shape index (κ1) is 12.6. The predicted molar refractivity (Wildman–Crippen MR) is 57.3 cm³/mol. The maximum atomic E-state index is 11.7. The van der Waals surface area contributed by atoms with Crippen molar-refractivity contribution in [3.8, 4) is 5.75 Å². The zero-order valence-electron chi connectivity index (χ0n) is 8.86. The molecule has 1 N–H and O–H groups in total. The van der Waals surface area contributed by atoms with Gasteiger partial charge >= 0.3 is 0 Å². The molecule has 0 aliphatic rings. The second-order valence-electron chi connectivity index (χ2n) is 3.06. The summed E-state index contributed by atoms with van der Waals surface area (Å²) in [5, 5.41) is 22.8. The summed E-state index contributed by atoms with van der Waals surface area (Å²) in [6, 6.07) is 3.00. The Bertz CT molecular complexity index is 474. The van der Waals surface area contributed by atoms with E-state index in [-0.39, 0.29) is 17.9 Å². The average molecular weight is 239 g/mol. The maximum absolute atomic E-state index is 11.7. The molecule has 1 aromatic rings. The van der Waals surface area contributed by atoms with E-state index in [2.05, 4.69) is 5.29 Å². The van der Waals surface area contributed by atoms with Crippen LogP contribution in [-0.2, 0) is 0 Å². The van der Waals surface area contributed by atoms with E-state index in [1.165, 1.54) is 6.92 Å². The number of phenols is 1. The number of nitrogens with zero attached hydrogens (tertiary/aromatic N) is 3. The molecule has 1 amide bonds. The number of aromatic hydroxyl groups is 1. The number of nitro benzene ring substituents is 1. The van der Waals surface area contributed by atoms with Crippen LogP contribution in [-0.4, -0.2) is 27.5 Å². The van der Waals surface area contributed by atoms with E-state index in [9.17, 15) is 24.9 Å². The molecule has 0 aliphatic carbocycles. The van der Waals surface area contributed by atoms with Crippen LogP contribution in [0.2, 0.25) is 0 Å². The molecule has 0 unspecified atom stereocenters. The minimum absolute atomic E-state index is 0.0187. The minimum Gasteiger partial charge on any atom is -0.508 e. The third-order valence-electron chi connectivity index (χ3n) is 2.04. The van der Waals surface area contributed by atoms with Gasteiger partial charge in [0.05, 0.1) is 10.2 Å². The van der Waals surface area contributed by atoms with Gasteiger partial charge in [0.25, 0.3) is 11.6 Å². The lowest BCUT2D eigenvalue weighted by Gasteiger charge is -2.10. The molecular weight excluding hydrogens is 230 g/mol. The SMILES string of the molecule is CCN(N=O)C(=O)c1cc(O)ccc1[N+](=O)[O-]. The van der Waals surface area contributed by atoms with Crippen LogP contribution in [0.15, 0.2) is 23.5 Å². The smallest absolute Gasteiger partial charge is 0.283 e. The Morgan fingerprint density at radius 2 is 2.24 bits per heavy atom. The zero-order chi connectivity index (χ0) is 13.0. The van der Waals surface area contributed by atoms with Gasteiger partial charge in [0.15, 0.2) is 0 Å². The Balaban J connectivity index is 3.28. The monoisotopic (exact) mass is 239 g/mol. The van der Waals surface area contributed by atoms with E-state index in [1.54, 1.807) is 0 Å². The van der Waals surface area contributed by atoms with Gasteiger partial charge in [-0.3, -0.25) is 14.9 Å². The Morgan fingerprint density at radius 1 is 1.59 bits per heavy atom. The van der Waals surface area contributed by atoms with Crippen molar-refractivity contribution in [1.29, 1.82) is 0 Å². The fourth-order valence-corrected chi connectivity index (χ4v) is 1.23. The number of carbonyl (C=O) groups excluding carboxylic acids is 1. The van der Waals surface area contributed by atoms with Crippen molar-refractivity contribution in [2.24, 2.45) is 5.29 Å². The number of rotatable bonds is 4. The molecule has 0 fully saturated rings. The molecule has 0 spiro atoms. The molecule has 0 saturated heterocycles. The molecule has 1 aromatic carbocycles. The molecule has 0 radical (unpaired) electrons. The van der Waals surface area contributed by atoms with Crippen LogP contribution in [0.5, 0.6) is 5.75 Å². The van der Waals surface area contributed by atoms with Gasteiger partial charge in [-0.15, -0.1) is 4.91 Å². The number of hydrogen-bond acceptors (Lipinski definition) is 6. The van der Waals surface area contributed by atoms with E-state index < -0.39 is 16.5 Å². The fraction of sp³-hybridized carbons (Fsp3) is 0.222.